The SMILES string of the molecule is CNCCC1CN(C)C(=O)N1. The highest BCUT2D eigenvalue weighted by Gasteiger charge is 2.24. The number of nitrogens with zero attached hydrogens (tertiary/aromatic N) is 1. The maximum atomic E-state index is 10.9. The first kappa shape index (κ1) is 8.33. The molecule has 1 rings (SSSR count). The Bertz CT molecular complexity index is 149. The van der Waals surface area contributed by atoms with Crippen LogP contribution in [0.3, 0.4) is 0 Å². The number of carbonyl (C=O) groups is 1. The molecule has 0 aromatic heterocycles. The first-order valence-corrected chi connectivity index (χ1v) is 3.90. The van der Waals surface area contributed by atoms with Crippen molar-refractivity contribution in [1.82, 2.24) is 15.5 Å². The largest absolute Gasteiger partial charge is 0.333 e. The molecule has 1 fully saturated rings. The molecule has 1 saturated heterocycles. The molecule has 1 atom stereocenters. The number of carbonyl (C=O) groups excluding carboxylic acids is 1. The van der Waals surface area contributed by atoms with Gasteiger partial charge in [-0.15, -0.1) is 0 Å². The maximum Gasteiger partial charge on any atom is 0.317 e. The molecule has 2 N–H and O–H groups in total. The van der Waals surface area contributed by atoms with Crippen LogP contribution in [0.4, 0.5) is 4.79 Å². The number of nitrogens with one attached hydrogen (secondary N) is 2. The van der Waals surface area contributed by atoms with E-state index in [1.54, 1.807) is 4.90 Å². The lowest BCUT2D eigenvalue weighted by Gasteiger charge is -2.07. The second-order valence-corrected chi connectivity index (χ2v) is 2.92. The molecule has 0 aromatic rings. The molecule has 64 valence electrons. The first-order valence-electron chi connectivity index (χ1n) is 3.90. The fourth-order valence-electron chi connectivity index (χ4n) is 1.23. The van der Waals surface area contributed by atoms with Gasteiger partial charge in [-0.1, -0.05) is 0 Å². The van der Waals surface area contributed by atoms with Crippen molar-refractivity contribution in [3.8, 4) is 0 Å². The molecular weight excluding hydrogens is 142 g/mol. The lowest BCUT2D eigenvalue weighted by atomic mass is 10.2. The molecule has 11 heavy (non-hydrogen) atoms. The van der Waals surface area contributed by atoms with Crippen LogP contribution in [0.5, 0.6) is 0 Å². The minimum atomic E-state index is 0.0473. The van der Waals surface area contributed by atoms with Crippen molar-refractivity contribution in [2.24, 2.45) is 0 Å². The van der Waals surface area contributed by atoms with E-state index in [4.69, 9.17) is 0 Å². The number of urea groups is 1. The molecule has 1 aliphatic rings. The number of rotatable bonds is 3. The van der Waals surface area contributed by atoms with Gasteiger partial charge in [0.25, 0.3) is 0 Å². The van der Waals surface area contributed by atoms with E-state index in [1.807, 2.05) is 14.1 Å². The second kappa shape index (κ2) is 3.57. The predicted octanol–water partition coefficient (Wildman–Crippen LogP) is -0.380. The molecule has 0 aromatic carbocycles. The molecule has 0 radical (unpaired) electrons. The smallest absolute Gasteiger partial charge is 0.317 e. The van der Waals surface area contributed by atoms with E-state index in [2.05, 4.69) is 10.6 Å². The van der Waals surface area contributed by atoms with Crippen molar-refractivity contribution in [1.29, 1.82) is 0 Å². The van der Waals surface area contributed by atoms with E-state index in [0.717, 1.165) is 19.5 Å². The Morgan fingerprint density at radius 3 is 3.00 bits per heavy atom. The summed E-state index contributed by atoms with van der Waals surface area (Å²) < 4.78 is 0. The third-order valence-electron chi connectivity index (χ3n) is 1.91. The van der Waals surface area contributed by atoms with E-state index < -0.39 is 0 Å². The van der Waals surface area contributed by atoms with E-state index in [9.17, 15) is 4.79 Å². The zero-order chi connectivity index (χ0) is 8.27. The van der Waals surface area contributed by atoms with Gasteiger partial charge in [0.1, 0.15) is 0 Å². The summed E-state index contributed by atoms with van der Waals surface area (Å²) in [6.45, 7) is 1.79. The van der Waals surface area contributed by atoms with Gasteiger partial charge in [0, 0.05) is 19.6 Å². The van der Waals surface area contributed by atoms with Gasteiger partial charge < -0.3 is 15.5 Å². The van der Waals surface area contributed by atoms with E-state index in [1.165, 1.54) is 0 Å². The molecule has 1 aliphatic heterocycles. The lowest BCUT2D eigenvalue weighted by molar-refractivity contribution is 0.226. The predicted molar refractivity (Wildman–Crippen MR) is 43.5 cm³/mol. The molecule has 0 spiro atoms. The van der Waals surface area contributed by atoms with E-state index in [0.29, 0.717) is 6.04 Å². The molecular formula is C7H15N3O. The number of hydrogen-bond acceptors (Lipinski definition) is 2. The normalized spacial score (nSPS) is 24.0. The second-order valence-electron chi connectivity index (χ2n) is 2.92. The van der Waals surface area contributed by atoms with Crippen molar-refractivity contribution in [3.05, 3.63) is 0 Å². The molecule has 1 heterocycles. The number of amides is 2. The van der Waals surface area contributed by atoms with Gasteiger partial charge in [0.2, 0.25) is 0 Å². The van der Waals surface area contributed by atoms with Gasteiger partial charge in [-0.05, 0) is 20.0 Å². The third kappa shape index (κ3) is 2.08. The summed E-state index contributed by atoms with van der Waals surface area (Å²) in [5, 5.41) is 5.94. The van der Waals surface area contributed by atoms with Crippen molar-refractivity contribution < 1.29 is 4.79 Å². The van der Waals surface area contributed by atoms with Crippen molar-refractivity contribution >= 4 is 6.03 Å². The van der Waals surface area contributed by atoms with Gasteiger partial charge in [-0.25, -0.2) is 4.79 Å². The van der Waals surface area contributed by atoms with Crippen molar-refractivity contribution in [2.75, 3.05) is 27.2 Å². The Balaban J connectivity index is 2.24. The zero-order valence-corrected chi connectivity index (χ0v) is 7.05. The molecule has 4 nitrogen and oxygen atoms in total. The fourth-order valence-corrected chi connectivity index (χ4v) is 1.23. The van der Waals surface area contributed by atoms with Gasteiger partial charge in [0.05, 0.1) is 0 Å². The van der Waals surface area contributed by atoms with Crippen LogP contribution in [0.15, 0.2) is 0 Å². The van der Waals surface area contributed by atoms with Crippen LogP contribution in [0.25, 0.3) is 0 Å². The number of likely N-dealkylation sites (N-methyl/N-ethyl adjacent to an activating group) is 1. The Kier molecular flexibility index (Phi) is 2.70. The molecule has 0 saturated carbocycles. The highest BCUT2D eigenvalue weighted by Crippen LogP contribution is 2.02. The Morgan fingerprint density at radius 2 is 2.55 bits per heavy atom. The Labute approximate surface area is 66.9 Å². The van der Waals surface area contributed by atoms with Crippen LogP contribution in [-0.4, -0.2) is 44.2 Å². The van der Waals surface area contributed by atoms with Crippen LogP contribution >= 0.6 is 0 Å². The summed E-state index contributed by atoms with van der Waals surface area (Å²) in [4.78, 5) is 12.7. The lowest BCUT2D eigenvalue weighted by Crippen LogP contribution is -2.29. The summed E-state index contributed by atoms with van der Waals surface area (Å²) in [6.07, 6.45) is 1.01. The quantitative estimate of drug-likeness (QED) is 0.586. The molecule has 1 unspecified atom stereocenters. The summed E-state index contributed by atoms with van der Waals surface area (Å²) in [5.74, 6) is 0. The maximum absolute atomic E-state index is 10.9. The molecule has 0 bridgehead atoms. The van der Waals surface area contributed by atoms with Crippen LogP contribution in [0.2, 0.25) is 0 Å². The summed E-state index contributed by atoms with van der Waals surface area (Å²) in [7, 11) is 3.73. The van der Waals surface area contributed by atoms with Crippen LogP contribution in [-0.2, 0) is 0 Å². The minimum absolute atomic E-state index is 0.0473. The van der Waals surface area contributed by atoms with Crippen molar-refractivity contribution in [3.63, 3.8) is 0 Å². The van der Waals surface area contributed by atoms with Crippen LogP contribution in [0.1, 0.15) is 6.42 Å². The summed E-state index contributed by atoms with van der Waals surface area (Å²) >= 11 is 0. The minimum Gasteiger partial charge on any atom is -0.333 e. The number of hydrogen-bond donors (Lipinski definition) is 2. The van der Waals surface area contributed by atoms with Crippen molar-refractivity contribution in [2.45, 2.75) is 12.5 Å². The fraction of sp³-hybridized carbons (Fsp3) is 0.857. The topological polar surface area (TPSA) is 44.4 Å². The van der Waals surface area contributed by atoms with E-state index in [-0.39, 0.29) is 6.03 Å². The Hall–Kier alpha value is -0.770. The average molecular weight is 157 g/mol. The summed E-state index contributed by atoms with van der Waals surface area (Å²) in [6, 6.07) is 0.381. The Morgan fingerprint density at radius 1 is 1.82 bits per heavy atom. The standard InChI is InChI=1S/C7H15N3O/c1-8-4-3-6-5-10(2)7(11)9-6/h6,8H,3-5H2,1-2H3,(H,9,11). The van der Waals surface area contributed by atoms with Gasteiger partial charge in [0.15, 0.2) is 0 Å². The summed E-state index contributed by atoms with van der Waals surface area (Å²) in [5.41, 5.74) is 0. The van der Waals surface area contributed by atoms with Gasteiger partial charge in [-0.3, -0.25) is 0 Å². The zero-order valence-electron chi connectivity index (χ0n) is 7.05. The van der Waals surface area contributed by atoms with Gasteiger partial charge >= 0.3 is 6.03 Å². The third-order valence-corrected chi connectivity index (χ3v) is 1.91. The van der Waals surface area contributed by atoms with Crippen LogP contribution < -0.4 is 10.6 Å². The molecule has 2 amide bonds. The van der Waals surface area contributed by atoms with E-state index >= 15 is 0 Å². The first-order chi connectivity index (χ1) is 5.24. The highest BCUT2D eigenvalue weighted by molar-refractivity contribution is 5.76. The van der Waals surface area contributed by atoms with Crippen LogP contribution in [0, 0.1) is 0 Å². The average Bonchev–Trinajstić information content (AvgIpc) is 2.28. The monoisotopic (exact) mass is 157 g/mol. The van der Waals surface area contributed by atoms with Gasteiger partial charge in [-0.2, -0.15) is 0 Å². The molecule has 0 aliphatic carbocycles. The highest BCUT2D eigenvalue weighted by atomic mass is 16.2. The molecule has 4 heteroatoms.